The van der Waals surface area contributed by atoms with Gasteiger partial charge in [-0.15, -0.1) is 0 Å². The van der Waals surface area contributed by atoms with E-state index in [-0.39, 0.29) is 11.6 Å². The maximum absolute atomic E-state index is 11.8. The standard InChI is InChI=1S/C13H25NO4/c1-10(15)5-6-13(7-8-17-9-13)14-11(16)18-12(2,3)4/h10,15H,5-9H2,1-4H3,(H,14,16)/t10-,13?/m1/s1. The zero-order valence-corrected chi connectivity index (χ0v) is 11.8. The van der Waals surface area contributed by atoms with Crippen molar-refractivity contribution in [2.45, 2.75) is 64.2 Å². The molecule has 1 aliphatic heterocycles. The van der Waals surface area contributed by atoms with Crippen LogP contribution in [0.3, 0.4) is 0 Å². The summed E-state index contributed by atoms with van der Waals surface area (Å²) in [5.74, 6) is 0. The van der Waals surface area contributed by atoms with E-state index in [1.807, 2.05) is 20.8 Å². The molecule has 0 saturated carbocycles. The number of aliphatic hydroxyl groups is 1. The van der Waals surface area contributed by atoms with E-state index in [0.29, 0.717) is 26.1 Å². The van der Waals surface area contributed by atoms with Gasteiger partial charge in [-0.3, -0.25) is 0 Å². The Bertz CT molecular complexity index is 277. The molecule has 0 radical (unpaired) electrons. The zero-order chi connectivity index (χ0) is 13.8. The van der Waals surface area contributed by atoms with Crippen molar-refractivity contribution in [2.24, 2.45) is 0 Å². The fourth-order valence-electron chi connectivity index (χ4n) is 1.97. The summed E-state index contributed by atoms with van der Waals surface area (Å²) < 4.78 is 10.6. The van der Waals surface area contributed by atoms with Crippen LogP contribution in [0.15, 0.2) is 0 Å². The molecular weight excluding hydrogens is 234 g/mol. The molecule has 1 amide bonds. The highest BCUT2D eigenvalue weighted by Gasteiger charge is 2.37. The van der Waals surface area contributed by atoms with Gasteiger partial charge in [0.1, 0.15) is 5.60 Å². The van der Waals surface area contributed by atoms with E-state index in [1.54, 1.807) is 6.92 Å². The third kappa shape index (κ3) is 5.23. The highest BCUT2D eigenvalue weighted by Crippen LogP contribution is 2.25. The molecule has 5 heteroatoms. The Hall–Kier alpha value is -0.810. The lowest BCUT2D eigenvalue weighted by molar-refractivity contribution is 0.0418. The number of hydrogen-bond donors (Lipinski definition) is 2. The average molecular weight is 259 g/mol. The minimum atomic E-state index is -0.505. The molecule has 1 heterocycles. The summed E-state index contributed by atoms with van der Waals surface area (Å²) >= 11 is 0. The first-order valence-electron chi connectivity index (χ1n) is 6.49. The summed E-state index contributed by atoms with van der Waals surface area (Å²) in [6.45, 7) is 8.37. The molecule has 1 saturated heterocycles. The molecule has 2 atom stereocenters. The van der Waals surface area contributed by atoms with Crippen molar-refractivity contribution in [1.82, 2.24) is 5.32 Å². The number of carbonyl (C=O) groups is 1. The van der Waals surface area contributed by atoms with Crippen molar-refractivity contribution in [2.75, 3.05) is 13.2 Å². The molecule has 0 aromatic rings. The molecule has 0 aliphatic carbocycles. The lowest BCUT2D eigenvalue weighted by atomic mass is 9.91. The van der Waals surface area contributed by atoms with Crippen molar-refractivity contribution in [3.05, 3.63) is 0 Å². The molecule has 1 aliphatic rings. The largest absolute Gasteiger partial charge is 0.444 e. The zero-order valence-electron chi connectivity index (χ0n) is 11.8. The van der Waals surface area contributed by atoms with Crippen LogP contribution in [0.25, 0.3) is 0 Å². The summed E-state index contributed by atoms with van der Waals surface area (Å²) in [4.78, 5) is 11.8. The van der Waals surface area contributed by atoms with Crippen LogP contribution in [-0.2, 0) is 9.47 Å². The van der Waals surface area contributed by atoms with E-state index >= 15 is 0 Å². The van der Waals surface area contributed by atoms with Crippen molar-refractivity contribution >= 4 is 6.09 Å². The second kappa shape index (κ2) is 5.89. The lowest BCUT2D eigenvalue weighted by Gasteiger charge is -2.31. The SMILES string of the molecule is C[C@@H](O)CCC1(NC(=O)OC(C)(C)C)CCOC1. The molecule has 1 unspecified atom stereocenters. The highest BCUT2D eigenvalue weighted by atomic mass is 16.6. The molecule has 106 valence electrons. The van der Waals surface area contributed by atoms with E-state index in [2.05, 4.69) is 5.32 Å². The fraction of sp³-hybridized carbons (Fsp3) is 0.923. The Kier molecular flexibility index (Phi) is 4.99. The Labute approximate surface area is 109 Å². The van der Waals surface area contributed by atoms with E-state index in [9.17, 15) is 9.90 Å². The maximum Gasteiger partial charge on any atom is 0.408 e. The molecule has 0 bridgehead atoms. The lowest BCUT2D eigenvalue weighted by Crippen LogP contribution is -2.51. The van der Waals surface area contributed by atoms with Crippen molar-refractivity contribution in [3.63, 3.8) is 0 Å². The second-order valence-electron chi connectivity index (χ2n) is 6.10. The molecule has 1 rings (SSSR count). The third-order valence-corrected chi connectivity index (χ3v) is 2.91. The van der Waals surface area contributed by atoms with Gasteiger partial charge < -0.3 is 19.9 Å². The molecule has 5 nitrogen and oxygen atoms in total. The Morgan fingerprint density at radius 2 is 2.22 bits per heavy atom. The van der Waals surface area contributed by atoms with Crippen LogP contribution in [0, 0.1) is 0 Å². The maximum atomic E-state index is 11.8. The Balaban J connectivity index is 2.54. The van der Waals surface area contributed by atoms with Crippen LogP contribution in [0.5, 0.6) is 0 Å². The predicted octanol–water partition coefficient (Wildman–Crippen LogP) is 1.83. The number of aliphatic hydroxyl groups excluding tert-OH is 1. The van der Waals surface area contributed by atoms with Gasteiger partial charge in [0.25, 0.3) is 0 Å². The van der Waals surface area contributed by atoms with Gasteiger partial charge in [0, 0.05) is 6.61 Å². The summed E-state index contributed by atoms with van der Waals surface area (Å²) in [5.41, 5.74) is -0.895. The number of carbonyl (C=O) groups excluding carboxylic acids is 1. The van der Waals surface area contributed by atoms with Gasteiger partial charge in [-0.2, -0.15) is 0 Å². The van der Waals surface area contributed by atoms with Gasteiger partial charge in [0.15, 0.2) is 0 Å². The van der Waals surface area contributed by atoms with Crippen LogP contribution in [0.4, 0.5) is 4.79 Å². The molecule has 0 aromatic carbocycles. The van der Waals surface area contributed by atoms with Gasteiger partial charge >= 0.3 is 6.09 Å². The number of rotatable bonds is 4. The van der Waals surface area contributed by atoms with Crippen molar-refractivity contribution < 1.29 is 19.4 Å². The number of amides is 1. The number of nitrogens with one attached hydrogen (secondary N) is 1. The normalized spacial score (nSPS) is 25.8. The summed E-state index contributed by atoms with van der Waals surface area (Å²) in [5, 5.41) is 12.3. The number of ether oxygens (including phenoxy) is 2. The van der Waals surface area contributed by atoms with Gasteiger partial charge in [-0.05, 0) is 47.0 Å². The van der Waals surface area contributed by atoms with E-state index in [4.69, 9.17) is 9.47 Å². The first kappa shape index (κ1) is 15.2. The summed E-state index contributed by atoms with van der Waals surface area (Å²) in [6.07, 6.45) is 1.31. The first-order chi connectivity index (χ1) is 8.22. The predicted molar refractivity (Wildman–Crippen MR) is 68.5 cm³/mol. The van der Waals surface area contributed by atoms with E-state index in [0.717, 1.165) is 6.42 Å². The van der Waals surface area contributed by atoms with Gasteiger partial charge in [0.2, 0.25) is 0 Å². The fourth-order valence-corrected chi connectivity index (χ4v) is 1.97. The minimum absolute atomic E-state index is 0.372. The monoisotopic (exact) mass is 259 g/mol. The summed E-state index contributed by atoms with van der Waals surface area (Å²) in [6, 6.07) is 0. The molecule has 2 N–H and O–H groups in total. The van der Waals surface area contributed by atoms with Crippen LogP contribution in [-0.4, -0.2) is 41.7 Å². The number of hydrogen-bond acceptors (Lipinski definition) is 4. The van der Waals surface area contributed by atoms with E-state index < -0.39 is 11.7 Å². The van der Waals surface area contributed by atoms with Gasteiger partial charge in [0.05, 0.1) is 18.2 Å². The second-order valence-corrected chi connectivity index (χ2v) is 6.10. The molecule has 1 fully saturated rings. The number of alkyl carbamates (subject to hydrolysis) is 1. The minimum Gasteiger partial charge on any atom is -0.444 e. The molecule has 0 spiro atoms. The van der Waals surface area contributed by atoms with Crippen LogP contribution >= 0.6 is 0 Å². The van der Waals surface area contributed by atoms with E-state index in [1.165, 1.54) is 0 Å². The van der Waals surface area contributed by atoms with Crippen LogP contribution < -0.4 is 5.32 Å². The smallest absolute Gasteiger partial charge is 0.408 e. The van der Waals surface area contributed by atoms with Crippen LogP contribution in [0.2, 0.25) is 0 Å². The highest BCUT2D eigenvalue weighted by molar-refractivity contribution is 5.68. The Morgan fingerprint density at radius 3 is 2.67 bits per heavy atom. The van der Waals surface area contributed by atoms with Crippen LogP contribution in [0.1, 0.15) is 47.0 Å². The van der Waals surface area contributed by atoms with Gasteiger partial charge in [-0.25, -0.2) is 4.79 Å². The Morgan fingerprint density at radius 1 is 1.56 bits per heavy atom. The molecule has 0 aromatic heterocycles. The molecular formula is C13H25NO4. The topological polar surface area (TPSA) is 67.8 Å². The third-order valence-electron chi connectivity index (χ3n) is 2.91. The van der Waals surface area contributed by atoms with Gasteiger partial charge in [-0.1, -0.05) is 0 Å². The quantitative estimate of drug-likeness (QED) is 0.808. The van der Waals surface area contributed by atoms with Crippen molar-refractivity contribution in [1.29, 1.82) is 0 Å². The van der Waals surface area contributed by atoms with Crippen molar-refractivity contribution in [3.8, 4) is 0 Å². The average Bonchev–Trinajstić information content (AvgIpc) is 2.61. The summed E-state index contributed by atoms with van der Waals surface area (Å²) in [7, 11) is 0. The molecule has 18 heavy (non-hydrogen) atoms. The first-order valence-corrected chi connectivity index (χ1v) is 6.49.